The van der Waals surface area contributed by atoms with Crippen LogP contribution in [0.1, 0.15) is 11.1 Å². The summed E-state index contributed by atoms with van der Waals surface area (Å²) in [6.07, 6.45) is 0. The molecule has 0 aliphatic carbocycles. The van der Waals surface area contributed by atoms with Gasteiger partial charge in [0.1, 0.15) is 0 Å². The second kappa shape index (κ2) is 4.35. The molecule has 0 aliphatic heterocycles. The number of carbonyl (C=O) groups excluding carboxylic acids is 1. The fourth-order valence-electron chi connectivity index (χ4n) is 1.11. The normalized spacial score (nSPS) is 9.00. The third-order valence-corrected chi connectivity index (χ3v) is 1.77. The molecule has 1 aromatic rings. The molecular weight excluding hydrogens is 180 g/mol. The van der Waals surface area contributed by atoms with Crippen LogP contribution in [0.5, 0.6) is 0 Å². The number of methoxy groups -OCH3 is 1. The molecule has 0 saturated carbocycles. The minimum absolute atomic E-state index is 0.0869. The SMILES string of the molecule is COC(=O)C(=[N+]=[N-])c1cccc(C)c1. The summed E-state index contributed by atoms with van der Waals surface area (Å²) in [7, 11) is 1.24. The van der Waals surface area contributed by atoms with Crippen molar-refractivity contribution in [1.29, 1.82) is 0 Å². The molecule has 0 atom stereocenters. The summed E-state index contributed by atoms with van der Waals surface area (Å²) in [5.41, 5.74) is 10.1. The van der Waals surface area contributed by atoms with E-state index in [4.69, 9.17) is 5.53 Å². The summed E-state index contributed by atoms with van der Waals surface area (Å²) < 4.78 is 4.47. The molecule has 0 heterocycles. The molecule has 0 radical (unpaired) electrons. The average molecular weight is 190 g/mol. The monoisotopic (exact) mass is 190 g/mol. The Hall–Kier alpha value is -1.93. The van der Waals surface area contributed by atoms with Crippen molar-refractivity contribution in [2.24, 2.45) is 0 Å². The maximum absolute atomic E-state index is 11.1. The molecule has 0 bridgehead atoms. The lowest BCUT2D eigenvalue weighted by atomic mass is 10.1. The molecule has 0 unspecified atom stereocenters. The molecule has 0 saturated heterocycles. The van der Waals surface area contributed by atoms with Gasteiger partial charge in [0, 0.05) is 0 Å². The molecule has 0 amide bonds. The van der Waals surface area contributed by atoms with Gasteiger partial charge in [-0.15, -0.1) is 0 Å². The van der Waals surface area contributed by atoms with E-state index in [0.717, 1.165) is 5.56 Å². The van der Waals surface area contributed by atoms with E-state index in [2.05, 4.69) is 9.53 Å². The van der Waals surface area contributed by atoms with Crippen LogP contribution in [-0.2, 0) is 9.53 Å². The minimum atomic E-state index is -0.655. The van der Waals surface area contributed by atoms with Gasteiger partial charge in [-0.05, 0) is 19.1 Å². The lowest BCUT2D eigenvalue weighted by Crippen LogP contribution is -2.18. The third kappa shape index (κ3) is 2.06. The molecule has 1 aromatic carbocycles. The van der Waals surface area contributed by atoms with Crippen molar-refractivity contribution in [2.75, 3.05) is 7.11 Å². The number of hydrogen-bond acceptors (Lipinski definition) is 2. The van der Waals surface area contributed by atoms with Crippen LogP contribution in [0.2, 0.25) is 0 Å². The van der Waals surface area contributed by atoms with Crippen molar-refractivity contribution < 1.29 is 14.3 Å². The van der Waals surface area contributed by atoms with Crippen molar-refractivity contribution in [1.82, 2.24) is 0 Å². The Balaban J connectivity index is 3.15. The molecule has 0 aromatic heterocycles. The highest BCUT2D eigenvalue weighted by Gasteiger charge is 2.23. The molecule has 4 heteroatoms. The highest BCUT2D eigenvalue weighted by Crippen LogP contribution is 2.05. The number of hydrogen-bond donors (Lipinski definition) is 0. The fraction of sp³-hybridized carbons (Fsp3) is 0.200. The molecule has 14 heavy (non-hydrogen) atoms. The van der Waals surface area contributed by atoms with Gasteiger partial charge in [-0.25, -0.2) is 4.79 Å². The van der Waals surface area contributed by atoms with Crippen molar-refractivity contribution >= 4 is 11.7 Å². The largest absolute Gasteiger partial charge is 0.460 e. The van der Waals surface area contributed by atoms with Crippen LogP contribution in [0, 0.1) is 6.92 Å². The Morgan fingerprint density at radius 2 is 2.21 bits per heavy atom. The first-order valence-corrected chi connectivity index (χ1v) is 4.06. The number of ether oxygens (including phenoxy) is 1. The Morgan fingerprint density at radius 1 is 1.50 bits per heavy atom. The standard InChI is InChI=1S/C10H10N2O2/c1-7-4-3-5-8(6-7)9(12-11)10(13)14-2/h3-6H,1-2H3. The maximum Gasteiger partial charge on any atom is 0.422 e. The van der Waals surface area contributed by atoms with Crippen molar-refractivity contribution in [3.05, 3.63) is 40.9 Å². The second-order valence-electron chi connectivity index (χ2n) is 2.81. The highest BCUT2D eigenvalue weighted by atomic mass is 16.5. The Kier molecular flexibility index (Phi) is 3.15. The van der Waals surface area contributed by atoms with Gasteiger partial charge >= 0.3 is 11.7 Å². The zero-order valence-electron chi connectivity index (χ0n) is 8.02. The van der Waals surface area contributed by atoms with Crippen LogP contribution in [0.3, 0.4) is 0 Å². The Labute approximate surface area is 81.7 Å². The van der Waals surface area contributed by atoms with Crippen LogP contribution < -0.4 is 0 Å². The van der Waals surface area contributed by atoms with Gasteiger partial charge < -0.3 is 10.3 Å². The first kappa shape index (κ1) is 10.2. The topological polar surface area (TPSA) is 62.7 Å². The van der Waals surface area contributed by atoms with E-state index in [1.807, 2.05) is 13.0 Å². The second-order valence-corrected chi connectivity index (χ2v) is 2.81. The van der Waals surface area contributed by atoms with Gasteiger partial charge in [0.2, 0.25) is 0 Å². The minimum Gasteiger partial charge on any atom is -0.460 e. The van der Waals surface area contributed by atoms with E-state index >= 15 is 0 Å². The Bertz CT molecular complexity index is 406. The van der Waals surface area contributed by atoms with Crippen LogP contribution in [0.25, 0.3) is 5.53 Å². The molecule has 1 rings (SSSR count). The van der Waals surface area contributed by atoms with E-state index in [9.17, 15) is 4.79 Å². The quantitative estimate of drug-likeness (QED) is 0.304. The summed E-state index contributed by atoms with van der Waals surface area (Å²) >= 11 is 0. The smallest absolute Gasteiger partial charge is 0.422 e. The fourth-order valence-corrected chi connectivity index (χ4v) is 1.11. The van der Waals surface area contributed by atoms with Gasteiger partial charge in [-0.1, -0.05) is 17.7 Å². The lowest BCUT2D eigenvalue weighted by Gasteiger charge is -1.96. The van der Waals surface area contributed by atoms with Crippen LogP contribution in [-0.4, -0.2) is 23.6 Å². The predicted octanol–water partition coefficient (Wildman–Crippen LogP) is 1.19. The van der Waals surface area contributed by atoms with Gasteiger partial charge in [0.25, 0.3) is 0 Å². The number of carbonyl (C=O) groups is 1. The maximum atomic E-state index is 11.1. The first-order chi connectivity index (χ1) is 6.69. The molecule has 0 fully saturated rings. The van der Waals surface area contributed by atoms with Gasteiger partial charge in [-0.3, -0.25) is 0 Å². The summed E-state index contributed by atoms with van der Waals surface area (Å²) in [4.78, 5) is 14.1. The van der Waals surface area contributed by atoms with Crippen LogP contribution in [0.4, 0.5) is 0 Å². The molecule has 4 nitrogen and oxygen atoms in total. The van der Waals surface area contributed by atoms with E-state index in [1.165, 1.54) is 7.11 Å². The van der Waals surface area contributed by atoms with Gasteiger partial charge in [0.15, 0.2) is 0 Å². The summed E-state index contributed by atoms with van der Waals surface area (Å²) in [5, 5.41) is 0. The van der Waals surface area contributed by atoms with Crippen molar-refractivity contribution in [2.45, 2.75) is 6.92 Å². The van der Waals surface area contributed by atoms with E-state index in [1.54, 1.807) is 18.2 Å². The molecular formula is C10H10N2O2. The van der Waals surface area contributed by atoms with Gasteiger partial charge in [0.05, 0.1) is 12.7 Å². The highest BCUT2D eigenvalue weighted by molar-refractivity contribution is 6.40. The molecule has 0 N–H and O–H groups in total. The average Bonchev–Trinajstić information content (AvgIpc) is 2.19. The predicted molar refractivity (Wildman–Crippen MR) is 50.9 cm³/mol. The number of aryl methyl sites for hydroxylation is 1. The lowest BCUT2D eigenvalue weighted by molar-refractivity contribution is -0.137. The molecule has 72 valence electrons. The Morgan fingerprint density at radius 3 is 2.71 bits per heavy atom. The first-order valence-electron chi connectivity index (χ1n) is 4.06. The molecule has 0 spiro atoms. The zero-order chi connectivity index (χ0) is 10.6. The van der Waals surface area contributed by atoms with Crippen molar-refractivity contribution in [3.8, 4) is 0 Å². The number of nitrogens with zero attached hydrogens (tertiary/aromatic N) is 2. The summed E-state index contributed by atoms with van der Waals surface area (Å²) in [6, 6.07) is 7.08. The number of esters is 1. The number of benzene rings is 1. The third-order valence-electron chi connectivity index (χ3n) is 1.77. The number of rotatable bonds is 2. The van der Waals surface area contributed by atoms with Crippen molar-refractivity contribution in [3.63, 3.8) is 0 Å². The zero-order valence-corrected chi connectivity index (χ0v) is 8.02. The summed E-state index contributed by atoms with van der Waals surface area (Å²) in [5.74, 6) is -0.655. The van der Waals surface area contributed by atoms with E-state index in [0.29, 0.717) is 5.56 Å². The van der Waals surface area contributed by atoms with Crippen LogP contribution in [0.15, 0.2) is 24.3 Å². The van der Waals surface area contributed by atoms with Gasteiger partial charge in [-0.2, -0.15) is 4.79 Å². The van der Waals surface area contributed by atoms with Crippen LogP contribution >= 0.6 is 0 Å². The van der Waals surface area contributed by atoms with E-state index < -0.39 is 5.97 Å². The van der Waals surface area contributed by atoms with E-state index in [-0.39, 0.29) is 5.71 Å². The summed E-state index contributed by atoms with van der Waals surface area (Å²) in [6.45, 7) is 1.88. The molecule has 0 aliphatic rings.